The maximum Gasteiger partial charge on any atom is 0.422 e. The van der Waals surface area contributed by atoms with E-state index in [-0.39, 0.29) is 5.75 Å². The normalized spacial score (nSPS) is 14.2. The van der Waals surface area contributed by atoms with Crippen LogP contribution in [0, 0.1) is 5.41 Å². The summed E-state index contributed by atoms with van der Waals surface area (Å²) >= 11 is 0. The predicted octanol–water partition coefficient (Wildman–Crippen LogP) is 5.97. The number of alkyl halides is 3. The molecular formula is C24H24F3NO2. The molecule has 0 bridgehead atoms. The Morgan fingerprint density at radius 2 is 1.40 bits per heavy atom. The van der Waals surface area contributed by atoms with Gasteiger partial charge in [0.25, 0.3) is 0 Å². The highest BCUT2D eigenvalue weighted by Crippen LogP contribution is 2.44. The van der Waals surface area contributed by atoms with Gasteiger partial charge in [0.1, 0.15) is 11.4 Å². The average Bonchev–Trinajstić information content (AvgIpc) is 2.71. The van der Waals surface area contributed by atoms with Crippen molar-refractivity contribution < 1.29 is 23.0 Å². The standard InChI is InChI=1S/C24H24F3NO2/c1-22(2,3)24(29,20-5-4-14-28-15-20)19-10-6-17(7-11-19)18-8-12-21(13-9-18)30-16-23(25,26)27/h4-15,29H,16H2,1-3H3. The fourth-order valence-electron chi connectivity index (χ4n) is 3.42. The van der Waals surface area contributed by atoms with E-state index in [1.807, 2.05) is 51.1 Å². The molecule has 2 aromatic carbocycles. The van der Waals surface area contributed by atoms with Gasteiger partial charge in [0.05, 0.1) is 0 Å². The van der Waals surface area contributed by atoms with Gasteiger partial charge >= 0.3 is 6.18 Å². The molecule has 0 aliphatic carbocycles. The fraction of sp³-hybridized carbons (Fsp3) is 0.292. The van der Waals surface area contributed by atoms with Gasteiger partial charge in [-0.05, 0) is 40.3 Å². The summed E-state index contributed by atoms with van der Waals surface area (Å²) in [5, 5.41) is 11.7. The van der Waals surface area contributed by atoms with E-state index in [2.05, 4.69) is 4.98 Å². The Morgan fingerprint density at radius 1 is 0.833 bits per heavy atom. The first-order valence-electron chi connectivity index (χ1n) is 9.54. The summed E-state index contributed by atoms with van der Waals surface area (Å²) in [6.45, 7) is 4.58. The van der Waals surface area contributed by atoms with E-state index >= 15 is 0 Å². The van der Waals surface area contributed by atoms with Crippen molar-refractivity contribution in [2.75, 3.05) is 6.61 Å². The van der Waals surface area contributed by atoms with Crippen molar-refractivity contribution in [1.29, 1.82) is 0 Å². The second-order valence-electron chi connectivity index (χ2n) is 8.21. The van der Waals surface area contributed by atoms with Crippen molar-refractivity contribution in [2.24, 2.45) is 5.41 Å². The number of benzene rings is 2. The van der Waals surface area contributed by atoms with Crippen LogP contribution in [0.1, 0.15) is 31.9 Å². The highest BCUT2D eigenvalue weighted by atomic mass is 19.4. The minimum Gasteiger partial charge on any atom is -0.484 e. The lowest BCUT2D eigenvalue weighted by Gasteiger charge is -2.41. The molecule has 0 saturated heterocycles. The lowest BCUT2D eigenvalue weighted by Crippen LogP contribution is -2.41. The topological polar surface area (TPSA) is 42.4 Å². The highest BCUT2D eigenvalue weighted by Gasteiger charge is 2.43. The molecule has 3 rings (SSSR count). The van der Waals surface area contributed by atoms with Crippen LogP contribution in [-0.4, -0.2) is 22.9 Å². The molecule has 1 atom stereocenters. The van der Waals surface area contributed by atoms with Gasteiger partial charge < -0.3 is 9.84 Å². The van der Waals surface area contributed by atoms with Crippen molar-refractivity contribution in [1.82, 2.24) is 4.98 Å². The van der Waals surface area contributed by atoms with Crippen molar-refractivity contribution in [3.8, 4) is 16.9 Å². The van der Waals surface area contributed by atoms with Crippen molar-refractivity contribution in [2.45, 2.75) is 32.5 Å². The third-order valence-corrected chi connectivity index (χ3v) is 5.06. The Morgan fingerprint density at radius 3 is 1.87 bits per heavy atom. The van der Waals surface area contributed by atoms with E-state index in [9.17, 15) is 18.3 Å². The molecule has 0 aliphatic heterocycles. The number of ether oxygens (including phenoxy) is 1. The molecule has 158 valence electrons. The second kappa shape index (κ2) is 8.11. The van der Waals surface area contributed by atoms with Crippen molar-refractivity contribution in [3.63, 3.8) is 0 Å². The fourth-order valence-corrected chi connectivity index (χ4v) is 3.42. The molecule has 1 heterocycles. The van der Waals surface area contributed by atoms with E-state index in [1.54, 1.807) is 30.6 Å². The van der Waals surface area contributed by atoms with E-state index in [0.717, 1.165) is 16.7 Å². The summed E-state index contributed by atoms with van der Waals surface area (Å²) < 4.78 is 41.6. The Hall–Kier alpha value is -2.86. The maximum absolute atomic E-state index is 12.3. The first-order valence-corrected chi connectivity index (χ1v) is 9.54. The van der Waals surface area contributed by atoms with Gasteiger partial charge in [0, 0.05) is 18.0 Å². The Kier molecular flexibility index (Phi) is 5.90. The van der Waals surface area contributed by atoms with Crippen LogP contribution < -0.4 is 4.74 Å². The van der Waals surface area contributed by atoms with Crippen LogP contribution in [0.4, 0.5) is 13.2 Å². The largest absolute Gasteiger partial charge is 0.484 e. The van der Waals surface area contributed by atoms with Crippen molar-refractivity contribution in [3.05, 3.63) is 84.2 Å². The van der Waals surface area contributed by atoms with E-state index < -0.39 is 23.8 Å². The summed E-state index contributed by atoms with van der Waals surface area (Å²) in [4.78, 5) is 4.15. The number of hydrogen-bond donors (Lipinski definition) is 1. The van der Waals surface area contributed by atoms with Crippen LogP contribution in [0.2, 0.25) is 0 Å². The number of rotatable bonds is 5. The molecule has 1 aromatic heterocycles. The third kappa shape index (κ3) is 4.65. The molecule has 0 amide bonds. The quantitative estimate of drug-likeness (QED) is 0.558. The van der Waals surface area contributed by atoms with Crippen LogP contribution in [0.25, 0.3) is 11.1 Å². The first-order chi connectivity index (χ1) is 14.0. The Labute approximate surface area is 174 Å². The minimum absolute atomic E-state index is 0.159. The van der Waals surface area contributed by atoms with Crippen LogP contribution in [0.5, 0.6) is 5.75 Å². The van der Waals surface area contributed by atoms with Gasteiger partial charge in [-0.2, -0.15) is 13.2 Å². The number of hydrogen-bond acceptors (Lipinski definition) is 3. The summed E-state index contributed by atoms with van der Waals surface area (Å²) in [7, 11) is 0. The molecule has 0 spiro atoms. The molecule has 3 aromatic rings. The zero-order chi connectivity index (χ0) is 22.0. The second-order valence-corrected chi connectivity index (χ2v) is 8.21. The number of pyridine rings is 1. The Balaban J connectivity index is 1.86. The average molecular weight is 415 g/mol. The molecule has 1 N–H and O–H groups in total. The SMILES string of the molecule is CC(C)(C)C(O)(c1ccc(-c2ccc(OCC(F)(F)F)cc2)cc1)c1cccnc1. The molecule has 0 fully saturated rings. The van der Waals surface area contributed by atoms with Gasteiger partial charge in [-0.1, -0.05) is 63.2 Å². The van der Waals surface area contributed by atoms with Crippen molar-refractivity contribution >= 4 is 0 Å². The maximum atomic E-state index is 12.3. The van der Waals surface area contributed by atoms with E-state index in [0.29, 0.717) is 5.56 Å². The summed E-state index contributed by atoms with van der Waals surface area (Å²) in [6, 6.07) is 17.6. The monoisotopic (exact) mass is 415 g/mol. The molecule has 1 unspecified atom stereocenters. The minimum atomic E-state index is -4.37. The third-order valence-electron chi connectivity index (χ3n) is 5.06. The molecule has 3 nitrogen and oxygen atoms in total. The zero-order valence-electron chi connectivity index (χ0n) is 17.1. The van der Waals surface area contributed by atoms with Crippen LogP contribution in [0.15, 0.2) is 73.1 Å². The van der Waals surface area contributed by atoms with Crippen LogP contribution in [0.3, 0.4) is 0 Å². The van der Waals surface area contributed by atoms with Crippen LogP contribution in [-0.2, 0) is 5.60 Å². The molecule has 6 heteroatoms. The van der Waals surface area contributed by atoms with Gasteiger partial charge in [-0.25, -0.2) is 0 Å². The van der Waals surface area contributed by atoms with Gasteiger partial charge in [-0.3, -0.25) is 4.98 Å². The first kappa shape index (κ1) is 21.8. The number of halogens is 3. The van der Waals surface area contributed by atoms with Gasteiger partial charge in [0.15, 0.2) is 6.61 Å². The van der Waals surface area contributed by atoms with E-state index in [4.69, 9.17) is 4.74 Å². The molecule has 0 radical (unpaired) electrons. The lowest BCUT2D eigenvalue weighted by atomic mass is 9.68. The van der Waals surface area contributed by atoms with Gasteiger partial charge in [0.2, 0.25) is 0 Å². The summed E-state index contributed by atoms with van der Waals surface area (Å²) in [5.74, 6) is 0.159. The molecular weight excluding hydrogens is 391 g/mol. The molecule has 0 saturated carbocycles. The summed E-state index contributed by atoms with van der Waals surface area (Å²) in [5.41, 5.74) is 1.42. The summed E-state index contributed by atoms with van der Waals surface area (Å²) in [6.07, 6.45) is -1.04. The number of aromatic nitrogens is 1. The van der Waals surface area contributed by atoms with Crippen LogP contribution >= 0.6 is 0 Å². The number of aliphatic hydroxyl groups is 1. The lowest BCUT2D eigenvalue weighted by molar-refractivity contribution is -0.153. The number of nitrogens with zero attached hydrogens (tertiary/aromatic N) is 1. The molecule has 0 aliphatic rings. The molecule has 30 heavy (non-hydrogen) atoms. The van der Waals surface area contributed by atoms with E-state index in [1.165, 1.54) is 12.1 Å². The van der Waals surface area contributed by atoms with Gasteiger partial charge in [-0.15, -0.1) is 0 Å². The smallest absolute Gasteiger partial charge is 0.422 e. The Bertz CT molecular complexity index is 963. The highest BCUT2D eigenvalue weighted by molar-refractivity contribution is 5.65. The predicted molar refractivity (Wildman–Crippen MR) is 110 cm³/mol. The zero-order valence-corrected chi connectivity index (χ0v) is 17.1.